The summed E-state index contributed by atoms with van der Waals surface area (Å²) < 4.78 is 32.4. The van der Waals surface area contributed by atoms with Gasteiger partial charge >= 0.3 is 0 Å². The summed E-state index contributed by atoms with van der Waals surface area (Å²) in [5.41, 5.74) is 2.07. The van der Waals surface area contributed by atoms with E-state index in [9.17, 15) is 13.2 Å². The summed E-state index contributed by atoms with van der Waals surface area (Å²) in [6.45, 7) is 5.23. The summed E-state index contributed by atoms with van der Waals surface area (Å²) in [6, 6.07) is 25.8. The van der Waals surface area contributed by atoms with Crippen molar-refractivity contribution in [2.75, 3.05) is 19.7 Å². The van der Waals surface area contributed by atoms with E-state index < -0.39 is 10.0 Å². The van der Waals surface area contributed by atoms with Gasteiger partial charge < -0.3 is 9.64 Å². The van der Waals surface area contributed by atoms with Gasteiger partial charge in [-0.1, -0.05) is 74.5 Å². The number of benzene rings is 3. The fourth-order valence-electron chi connectivity index (χ4n) is 3.50. The zero-order valence-electron chi connectivity index (χ0n) is 19.1. The number of rotatable bonds is 11. The molecule has 0 unspecified atom stereocenters. The lowest BCUT2D eigenvalue weighted by molar-refractivity contribution is -0.134. The second-order valence-corrected chi connectivity index (χ2v) is 9.51. The Morgan fingerprint density at radius 2 is 1.24 bits per heavy atom. The van der Waals surface area contributed by atoms with Gasteiger partial charge in [0.1, 0.15) is 5.75 Å². The smallest absolute Gasteiger partial charge is 0.261 e. The lowest BCUT2D eigenvalue weighted by atomic mass is 10.1. The van der Waals surface area contributed by atoms with Crippen LogP contribution in [0.25, 0.3) is 0 Å². The molecule has 0 heterocycles. The van der Waals surface area contributed by atoms with E-state index in [1.165, 1.54) is 16.4 Å². The Kier molecular flexibility index (Phi) is 8.63. The molecule has 0 spiro atoms. The Bertz CT molecular complexity index is 1070. The number of carbonyl (C=O) groups is 1. The minimum atomic E-state index is -3.53. The first-order valence-corrected chi connectivity index (χ1v) is 12.5. The SMILES string of the molecule is CCN(CC)S(=O)(=O)c1ccc(OCC(=O)N(Cc2ccccc2)Cc2ccccc2)cc1. The topological polar surface area (TPSA) is 66.9 Å². The highest BCUT2D eigenvalue weighted by atomic mass is 32.2. The second-order valence-electron chi connectivity index (χ2n) is 7.57. The number of hydrogen-bond acceptors (Lipinski definition) is 4. The number of sulfonamides is 1. The first kappa shape index (κ1) is 24.5. The monoisotopic (exact) mass is 466 g/mol. The Labute approximate surface area is 196 Å². The Morgan fingerprint density at radius 1 is 0.758 bits per heavy atom. The first-order chi connectivity index (χ1) is 15.9. The van der Waals surface area contributed by atoms with Crippen molar-refractivity contribution in [2.24, 2.45) is 0 Å². The van der Waals surface area contributed by atoms with E-state index in [-0.39, 0.29) is 17.4 Å². The van der Waals surface area contributed by atoms with Crippen LogP contribution in [0, 0.1) is 0 Å². The summed E-state index contributed by atoms with van der Waals surface area (Å²) in [5, 5.41) is 0. The number of amides is 1. The molecule has 0 radical (unpaired) electrons. The normalized spacial score (nSPS) is 11.4. The van der Waals surface area contributed by atoms with Gasteiger partial charge in [0.2, 0.25) is 10.0 Å². The zero-order valence-corrected chi connectivity index (χ0v) is 19.9. The fraction of sp³-hybridized carbons (Fsp3) is 0.269. The van der Waals surface area contributed by atoms with Gasteiger partial charge in [-0.15, -0.1) is 0 Å². The van der Waals surface area contributed by atoms with Crippen LogP contribution >= 0.6 is 0 Å². The molecule has 0 aliphatic carbocycles. The highest BCUT2D eigenvalue weighted by Crippen LogP contribution is 2.20. The molecule has 3 aromatic carbocycles. The maximum atomic E-state index is 13.0. The van der Waals surface area contributed by atoms with Gasteiger partial charge in [0.15, 0.2) is 6.61 Å². The summed E-state index contributed by atoms with van der Waals surface area (Å²) in [5.74, 6) is 0.295. The predicted molar refractivity (Wildman–Crippen MR) is 129 cm³/mol. The average molecular weight is 467 g/mol. The van der Waals surface area contributed by atoms with Gasteiger partial charge in [0.05, 0.1) is 4.90 Å². The molecule has 33 heavy (non-hydrogen) atoms. The minimum absolute atomic E-state index is 0.137. The van der Waals surface area contributed by atoms with Gasteiger partial charge in [0, 0.05) is 26.2 Å². The molecule has 174 valence electrons. The highest BCUT2D eigenvalue weighted by Gasteiger charge is 2.21. The van der Waals surface area contributed by atoms with Crippen LogP contribution in [0.3, 0.4) is 0 Å². The van der Waals surface area contributed by atoms with Gasteiger partial charge in [-0.3, -0.25) is 4.79 Å². The van der Waals surface area contributed by atoms with Crippen molar-refractivity contribution < 1.29 is 17.9 Å². The highest BCUT2D eigenvalue weighted by molar-refractivity contribution is 7.89. The van der Waals surface area contributed by atoms with Crippen LogP contribution in [0.15, 0.2) is 89.8 Å². The second kappa shape index (κ2) is 11.6. The molecule has 0 fully saturated rings. The Hall–Kier alpha value is -3.16. The molecule has 1 amide bonds. The van der Waals surface area contributed by atoms with E-state index in [0.717, 1.165) is 11.1 Å². The molecule has 0 aromatic heterocycles. The number of nitrogens with zero attached hydrogens (tertiary/aromatic N) is 2. The van der Waals surface area contributed by atoms with Crippen molar-refractivity contribution in [3.05, 3.63) is 96.1 Å². The standard InChI is InChI=1S/C26H30N2O4S/c1-3-28(4-2)33(30,31)25-17-15-24(16-18-25)32-21-26(29)27(19-22-11-7-5-8-12-22)20-23-13-9-6-10-14-23/h5-18H,3-4,19-21H2,1-2H3. The lowest BCUT2D eigenvalue weighted by Crippen LogP contribution is -2.34. The molecule has 0 atom stereocenters. The molecule has 0 bridgehead atoms. The van der Waals surface area contributed by atoms with Crippen LogP contribution in [-0.2, 0) is 27.9 Å². The molecule has 6 nitrogen and oxygen atoms in total. The van der Waals surface area contributed by atoms with Crippen LogP contribution < -0.4 is 4.74 Å². The van der Waals surface area contributed by atoms with Crippen LogP contribution in [0.5, 0.6) is 5.75 Å². The maximum absolute atomic E-state index is 13.0. The summed E-state index contributed by atoms with van der Waals surface area (Å²) in [7, 11) is -3.53. The predicted octanol–water partition coefficient (Wildman–Crippen LogP) is 4.32. The van der Waals surface area contributed by atoms with Gasteiger partial charge in [-0.05, 0) is 35.4 Å². The summed E-state index contributed by atoms with van der Waals surface area (Å²) >= 11 is 0. The summed E-state index contributed by atoms with van der Waals surface area (Å²) in [6.07, 6.45) is 0. The largest absolute Gasteiger partial charge is 0.484 e. The van der Waals surface area contributed by atoms with Crippen molar-refractivity contribution in [1.29, 1.82) is 0 Å². The van der Waals surface area contributed by atoms with Crippen LogP contribution in [0.2, 0.25) is 0 Å². The van der Waals surface area contributed by atoms with Crippen LogP contribution in [-0.4, -0.2) is 43.2 Å². The molecule has 3 rings (SSSR count). The van der Waals surface area contributed by atoms with Crippen molar-refractivity contribution >= 4 is 15.9 Å². The van der Waals surface area contributed by atoms with Gasteiger partial charge in [-0.25, -0.2) is 8.42 Å². The quantitative estimate of drug-likeness (QED) is 0.422. The Morgan fingerprint density at radius 3 is 1.70 bits per heavy atom. The maximum Gasteiger partial charge on any atom is 0.261 e. The number of hydrogen-bond donors (Lipinski definition) is 0. The van der Waals surface area contributed by atoms with E-state index in [2.05, 4.69) is 0 Å². The van der Waals surface area contributed by atoms with E-state index in [4.69, 9.17) is 4.74 Å². The zero-order chi connectivity index (χ0) is 23.7. The third kappa shape index (κ3) is 6.66. The third-order valence-electron chi connectivity index (χ3n) is 5.31. The van der Waals surface area contributed by atoms with Gasteiger partial charge in [0.25, 0.3) is 5.91 Å². The van der Waals surface area contributed by atoms with Crippen molar-refractivity contribution in [2.45, 2.75) is 31.8 Å². The van der Waals surface area contributed by atoms with Crippen LogP contribution in [0.1, 0.15) is 25.0 Å². The van der Waals surface area contributed by atoms with Crippen molar-refractivity contribution in [1.82, 2.24) is 9.21 Å². The van der Waals surface area contributed by atoms with E-state index in [1.807, 2.05) is 60.7 Å². The first-order valence-electron chi connectivity index (χ1n) is 11.0. The molecular formula is C26H30N2O4S. The van der Waals surface area contributed by atoms with E-state index >= 15 is 0 Å². The molecule has 0 aliphatic heterocycles. The van der Waals surface area contributed by atoms with Crippen LogP contribution in [0.4, 0.5) is 0 Å². The minimum Gasteiger partial charge on any atom is -0.484 e. The molecule has 0 saturated heterocycles. The molecule has 0 saturated carbocycles. The molecule has 7 heteroatoms. The van der Waals surface area contributed by atoms with Crippen molar-refractivity contribution in [3.8, 4) is 5.75 Å². The van der Waals surface area contributed by atoms with E-state index in [0.29, 0.717) is 31.9 Å². The molecule has 3 aromatic rings. The fourth-order valence-corrected chi connectivity index (χ4v) is 4.95. The summed E-state index contributed by atoms with van der Waals surface area (Å²) in [4.78, 5) is 15.0. The lowest BCUT2D eigenvalue weighted by Gasteiger charge is -2.23. The third-order valence-corrected chi connectivity index (χ3v) is 7.38. The van der Waals surface area contributed by atoms with Crippen molar-refractivity contribution in [3.63, 3.8) is 0 Å². The average Bonchev–Trinajstić information content (AvgIpc) is 2.84. The molecule has 0 N–H and O–H groups in total. The Balaban J connectivity index is 1.68. The molecule has 0 aliphatic rings. The number of carbonyl (C=O) groups excluding carboxylic acids is 1. The molecular weight excluding hydrogens is 436 g/mol. The van der Waals surface area contributed by atoms with E-state index in [1.54, 1.807) is 30.9 Å². The number of ether oxygens (including phenoxy) is 1. The van der Waals surface area contributed by atoms with Gasteiger partial charge in [-0.2, -0.15) is 4.31 Å².